The molecule has 0 aromatic heterocycles. The van der Waals surface area contributed by atoms with Crippen LogP contribution >= 0.6 is 0 Å². The van der Waals surface area contributed by atoms with Crippen LogP contribution in [0.2, 0.25) is 0 Å². The fourth-order valence-corrected chi connectivity index (χ4v) is 2.85. The number of aliphatic carboxylic acids is 1. The molecule has 0 aromatic carbocycles. The van der Waals surface area contributed by atoms with Crippen molar-refractivity contribution in [2.24, 2.45) is 17.3 Å². The Morgan fingerprint density at radius 1 is 1.21 bits per heavy atom. The summed E-state index contributed by atoms with van der Waals surface area (Å²) >= 11 is 0. The fraction of sp³-hybridized carbons (Fsp3) is 0.867. The predicted molar refractivity (Wildman–Crippen MR) is 74.8 cm³/mol. The molecule has 0 heterocycles. The Morgan fingerprint density at radius 3 is 2.11 bits per heavy atom. The van der Waals surface area contributed by atoms with Gasteiger partial charge in [0, 0.05) is 5.92 Å². The number of rotatable bonds is 4. The van der Waals surface area contributed by atoms with Crippen molar-refractivity contribution in [3.63, 3.8) is 0 Å². The Labute approximate surface area is 116 Å². The van der Waals surface area contributed by atoms with Crippen molar-refractivity contribution >= 4 is 11.9 Å². The Bertz CT molecular complexity index is 325. The van der Waals surface area contributed by atoms with Gasteiger partial charge in [0.25, 0.3) is 0 Å². The second-order valence-electron chi connectivity index (χ2n) is 6.72. The fourth-order valence-electron chi connectivity index (χ4n) is 2.85. The van der Waals surface area contributed by atoms with Gasteiger partial charge in [0.05, 0.1) is 0 Å². The first-order valence-corrected chi connectivity index (χ1v) is 7.28. The maximum atomic E-state index is 12.1. The van der Waals surface area contributed by atoms with Crippen LogP contribution in [0.4, 0.5) is 0 Å². The van der Waals surface area contributed by atoms with Gasteiger partial charge in [-0.2, -0.15) is 0 Å². The summed E-state index contributed by atoms with van der Waals surface area (Å²) in [4.78, 5) is 23.0. The van der Waals surface area contributed by atoms with Crippen molar-refractivity contribution < 1.29 is 14.7 Å². The third-order valence-corrected chi connectivity index (χ3v) is 4.35. The normalized spacial score (nSPS) is 25.7. The van der Waals surface area contributed by atoms with E-state index in [-0.39, 0.29) is 11.8 Å². The summed E-state index contributed by atoms with van der Waals surface area (Å²) < 4.78 is 0. The second kappa shape index (κ2) is 6.40. The van der Waals surface area contributed by atoms with Crippen LogP contribution in [0.25, 0.3) is 0 Å². The third-order valence-electron chi connectivity index (χ3n) is 4.35. The standard InChI is InChI=1S/C15H27NO3/c1-5-12(14(18)19)16-13(17)10-6-8-11(9-7-10)15(2,3)4/h10-12H,5-9H2,1-4H3,(H,16,17)(H,18,19)/t10?,11?,12-/m1/s1. The number of carbonyl (C=O) groups excluding carboxylic acids is 1. The van der Waals surface area contributed by atoms with Crippen LogP contribution in [0.5, 0.6) is 0 Å². The van der Waals surface area contributed by atoms with E-state index in [2.05, 4.69) is 26.1 Å². The van der Waals surface area contributed by atoms with Gasteiger partial charge >= 0.3 is 5.97 Å². The molecule has 1 aliphatic rings. The molecule has 1 rings (SSSR count). The Kier molecular flexibility index (Phi) is 5.39. The highest BCUT2D eigenvalue weighted by Gasteiger charge is 2.33. The van der Waals surface area contributed by atoms with Crippen LogP contribution in [0.3, 0.4) is 0 Å². The zero-order valence-corrected chi connectivity index (χ0v) is 12.5. The molecule has 4 heteroatoms. The van der Waals surface area contributed by atoms with E-state index in [0.29, 0.717) is 17.8 Å². The molecule has 1 aliphatic carbocycles. The molecule has 0 bridgehead atoms. The maximum absolute atomic E-state index is 12.1. The summed E-state index contributed by atoms with van der Waals surface area (Å²) in [6, 6.07) is -0.743. The van der Waals surface area contributed by atoms with E-state index in [1.54, 1.807) is 6.92 Å². The molecule has 1 fully saturated rings. The molecule has 0 spiro atoms. The van der Waals surface area contributed by atoms with Gasteiger partial charge in [-0.05, 0) is 43.4 Å². The number of amides is 1. The van der Waals surface area contributed by atoms with E-state index in [4.69, 9.17) is 5.11 Å². The van der Waals surface area contributed by atoms with Crippen LogP contribution in [0.15, 0.2) is 0 Å². The van der Waals surface area contributed by atoms with Crippen LogP contribution in [-0.4, -0.2) is 23.0 Å². The number of hydrogen-bond acceptors (Lipinski definition) is 2. The number of carbonyl (C=O) groups is 2. The van der Waals surface area contributed by atoms with Crippen molar-refractivity contribution in [2.75, 3.05) is 0 Å². The van der Waals surface area contributed by atoms with Crippen molar-refractivity contribution in [1.29, 1.82) is 0 Å². The minimum absolute atomic E-state index is 0.00741. The third kappa shape index (κ3) is 4.51. The predicted octanol–water partition coefficient (Wildman–Crippen LogP) is 2.82. The van der Waals surface area contributed by atoms with Gasteiger partial charge < -0.3 is 10.4 Å². The molecular formula is C15H27NO3. The first-order chi connectivity index (χ1) is 8.75. The molecule has 0 radical (unpaired) electrons. The highest BCUT2D eigenvalue weighted by atomic mass is 16.4. The molecule has 1 atom stereocenters. The zero-order valence-electron chi connectivity index (χ0n) is 12.5. The van der Waals surface area contributed by atoms with Crippen molar-refractivity contribution in [1.82, 2.24) is 5.32 Å². The Morgan fingerprint density at radius 2 is 1.74 bits per heavy atom. The summed E-state index contributed by atoms with van der Waals surface area (Å²) in [5.74, 6) is -0.370. The monoisotopic (exact) mass is 269 g/mol. The van der Waals surface area contributed by atoms with Gasteiger partial charge in [0.15, 0.2) is 0 Å². The van der Waals surface area contributed by atoms with E-state index in [0.717, 1.165) is 25.7 Å². The smallest absolute Gasteiger partial charge is 0.326 e. The van der Waals surface area contributed by atoms with E-state index in [1.165, 1.54) is 0 Å². The lowest BCUT2D eigenvalue weighted by molar-refractivity contribution is -0.142. The van der Waals surface area contributed by atoms with Crippen LogP contribution in [0.1, 0.15) is 59.8 Å². The van der Waals surface area contributed by atoms with Crippen LogP contribution in [0, 0.1) is 17.3 Å². The molecule has 110 valence electrons. The molecule has 1 saturated carbocycles. The lowest BCUT2D eigenvalue weighted by Crippen LogP contribution is -2.44. The lowest BCUT2D eigenvalue weighted by Gasteiger charge is -2.36. The SMILES string of the molecule is CC[C@@H](NC(=O)C1CCC(C(C)(C)C)CC1)C(=O)O. The van der Waals surface area contributed by atoms with E-state index in [9.17, 15) is 9.59 Å². The number of carboxylic acid groups (broad SMARTS) is 1. The summed E-state index contributed by atoms with van der Waals surface area (Å²) in [6.45, 7) is 8.51. The molecular weight excluding hydrogens is 242 g/mol. The lowest BCUT2D eigenvalue weighted by atomic mass is 9.69. The zero-order chi connectivity index (χ0) is 14.6. The van der Waals surface area contributed by atoms with Gasteiger partial charge in [-0.1, -0.05) is 27.7 Å². The Balaban J connectivity index is 2.47. The van der Waals surface area contributed by atoms with Crippen molar-refractivity contribution in [3.8, 4) is 0 Å². The molecule has 4 nitrogen and oxygen atoms in total. The van der Waals surface area contributed by atoms with Crippen molar-refractivity contribution in [2.45, 2.75) is 65.8 Å². The first kappa shape index (κ1) is 16.0. The molecule has 19 heavy (non-hydrogen) atoms. The minimum Gasteiger partial charge on any atom is -0.480 e. The maximum Gasteiger partial charge on any atom is 0.326 e. The van der Waals surface area contributed by atoms with Crippen LogP contribution in [-0.2, 0) is 9.59 Å². The van der Waals surface area contributed by atoms with Gasteiger partial charge in [0.1, 0.15) is 6.04 Å². The quantitative estimate of drug-likeness (QED) is 0.824. The number of carboxylic acids is 1. The molecule has 1 amide bonds. The average molecular weight is 269 g/mol. The Hall–Kier alpha value is -1.06. The van der Waals surface area contributed by atoms with Gasteiger partial charge in [-0.15, -0.1) is 0 Å². The molecule has 2 N–H and O–H groups in total. The topological polar surface area (TPSA) is 66.4 Å². The average Bonchev–Trinajstić information content (AvgIpc) is 2.34. The van der Waals surface area contributed by atoms with Crippen molar-refractivity contribution in [3.05, 3.63) is 0 Å². The van der Waals surface area contributed by atoms with E-state index in [1.807, 2.05) is 0 Å². The summed E-state index contributed by atoms with van der Waals surface area (Å²) in [7, 11) is 0. The van der Waals surface area contributed by atoms with E-state index >= 15 is 0 Å². The van der Waals surface area contributed by atoms with Gasteiger partial charge in [-0.3, -0.25) is 4.79 Å². The molecule has 0 aliphatic heterocycles. The summed E-state index contributed by atoms with van der Waals surface area (Å²) in [6.07, 6.45) is 4.31. The first-order valence-electron chi connectivity index (χ1n) is 7.28. The number of nitrogens with one attached hydrogen (secondary N) is 1. The number of hydrogen-bond donors (Lipinski definition) is 2. The summed E-state index contributed by atoms with van der Waals surface area (Å²) in [5.41, 5.74) is 0.300. The van der Waals surface area contributed by atoms with Crippen LogP contribution < -0.4 is 5.32 Å². The van der Waals surface area contributed by atoms with Gasteiger partial charge in [-0.25, -0.2) is 4.79 Å². The van der Waals surface area contributed by atoms with Gasteiger partial charge in [0.2, 0.25) is 5.91 Å². The van der Waals surface area contributed by atoms with E-state index < -0.39 is 12.0 Å². The summed E-state index contributed by atoms with van der Waals surface area (Å²) in [5, 5.41) is 11.6. The second-order valence-corrected chi connectivity index (χ2v) is 6.72. The highest BCUT2D eigenvalue weighted by Crippen LogP contribution is 2.39. The molecule has 0 aromatic rings. The largest absolute Gasteiger partial charge is 0.480 e. The molecule has 0 unspecified atom stereocenters. The molecule has 0 saturated heterocycles. The highest BCUT2D eigenvalue weighted by molar-refractivity contribution is 5.84. The minimum atomic E-state index is -0.945.